The molecule has 1 atom stereocenters. The molecule has 156 valence electrons. The first-order valence-corrected chi connectivity index (χ1v) is 9.80. The fraction of sp³-hybridized carbons (Fsp3) is 0.476. The molecular weight excluding hydrogens is 393 g/mol. The van der Waals surface area contributed by atoms with Crippen LogP contribution in [0.1, 0.15) is 45.5 Å². The lowest BCUT2D eigenvalue weighted by Gasteiger charge is -2.13. The SMILES string of the molecule is CCCn1c2nc(C(C)(C)C)nc-2c2n(c1=O)C[C@@H](Cc1ccc(F)cc1)N2.Cl. The van der Waals surface area contributed by atoms with Crippen molar-refractivity contribution in [3.63, 3.8) is 0 Å². The van der Waals surface area contributed by atoms with E-state index < -0.39 is 0 Å². The van der Waals surface area contributed by atoms with Crippen molar-refractivity contribution in [2.24, 2.45) is 0 Å². The van der Waals surface area contributed by atoms with E-state index in [-0.39, 0.29) is 35.4 Å². The molecule has 1 aromatic carbocycles. The van der Waals surface area contributed by atoms with Gasteiger partial charge in [-0.1, -0.05) is 39.8 Å². The molecule has 0 spiro atoms. The van der Waals surface area contributed by atoms with Gasteiger partial charge in [-0.15, -0.1) is 12.4 Å². The lowest BCUT2D eigenvalue weighted by atomic mass is 9.96. The van der Waals surface area contributed by atoms with Crippen LogP contribution in [0.4, 0.5) is 10.2 Å². The Balaban J connectivity index is 0.00000240. The monoisotopic (exact) mass is 419 g/mol. The zero-order chi connectivity index (χ0) is 20.1. The van der Waals surface area contributed by atoms with Gasteiger partial charge in [-0.2, -0.15) is 0 Å². The maximum atomic E-state index is 13.2. The van der Waals surface area contributed by atoms with Gasteiger partial charge in [0.2, 0.25) is 0 Å². The maximum absolute atomic E-state index is 13.2. The molecule has 0 amide bonds. The number of halogens is 2. The minimum atomic E-state index is -0.244. The zero-order valence-electron chi connectivity index (χ0n) is 17.2. The van der Waals surface area contributed by atoms with E-state index in [2.05, 4.69) is 26.1 Å². The first kappa shape index (κ1) is 21.3. The van der Waals surface area contributed by atoms with Crippen molar-refractivity contribution in [3.8, 4) is 11.5 Å². The summed E-state index contributed by atoms with van der Waals surface area (Å²) in [5.74, 6) is 1.89. The Hall–Kier alpha value is -2.41. The normalized spacial score (nSPS) is 15.8. The molecule has 0 radical (unpaired) electrons. The van der Waals surface area contributed by atoms with Gasteiger partial charge >= 0.3 is 5.69 Å². The Labute approximate surface area is 175 Å². The van der Waals surface area contributed by atoms with Crippen LogP contribution in [0.3, 0.4) is 0 Å². The van der Waals surface area contributed by atoms with E-state index in [0.29, 0.717) is 25.3 Å². The van der Waals surface area contributed by atoms with Crippen LogP contribution in [0.5, 0.6) is 0 Å². The van der Waals surface area contributed by atoms with E-state index in [0.717, 1.165) is 29.3 Å². The summed E-state index contributed by atoms with van der Waals surface area (Å²) < 4.78 is 16.7. The second kappa shape index (κ2) is 7.78. The average Bonchev–Trinajstić information content (AvgIpc) is 3.25. The lowest BCUT2D eigenvalue weighted by Crippen LogP contribution is -2.32. The highest BCUT2D eigenvalue weighted by Gasteiger charge is 2.33. The molecular formula is C21H27ClFN5O. The van der Waals surface area contributed by atoms with E-state index in [9.17, 15) is 9.18 Å². The van der Waals surface area contributed by atoms with E-state index >= 15 is 0 Å². The highest BCUT2D eigenvalue weighted by atomic mass is 35.5. The second-order valence-electron chi connectivity index (χ2n) is 8.53. The summed E-state index contributed by atoms with van der Waals surface area (Å²) in [6.45, 7) is 9.43. The molecule has 8 heteroatoms. The molecule has 4 rings (SSSR count). The highest BCUT2D eigenvalue weighted by molar-refractivity contribution is 5.85. The smallest absolute Gasteiger partial charge is 0.331 e. The third-order valence-electron chi connectivity index (χ3n) is 5.11. The van der Waals surface area contributed by atoms with Crippen molar-refractivity contribution in [2.45, 2.75) is 65.1 Å². The molecule has 6 nitrogen and oxygen atoms in total. The van der Waals surface area contributed by atoms with Crippen LogP contribution >= 0.6 is 12.4 Å². The van der Waals surface area contributed by atoms with E-state index in [1.165, 1.54) is 12.1 Å². The summed E-state index contributed by atoms with van der Waals surface area (Å²) in [6, 6.07) is 6.56. The van der Waals surface area contributed by atoms with Gasteiger partial charge in [-0.05, 0) is 30.5 Å². The summed E-state index contributed by atoms with van der Waals surface area (Å²) in [4.78, 5) is 22.6. The summed E-state index contributed by atoms with van der Waals surface area (Å²) in [5.41, 5.74) is 1.52. The number of fused-ring (bicyclic) bond motifs is 3. The average molecular weight is 420 g/mol. The molecule has 0 fully saturated rings. The van der Waals surface area contributed by atoms with Crippen LogP contribution in [-0.4, -0.2) is 25.1 Å². The minimum Gasteiger partial charge on any atom is -0.365 e. The molecule has 0 saturated carbocycles. The summed E-state index contributed by atoms with van der Waals surface area (Å²) in [7, 11) is 0. The Kier molecular flexibility index (Phi) is 5.72. The third kappa shape index (κ3) is 3.88. The van der Waals surface area contributed by atoms with Crippen molar-refractivity contribution < 1.29 is 4.39 Å². The third-order valence-corrected chi connectivity index (χ3v) is 5.11. The summed E-state index contributed by atoms with van der Waals surface area (Å²) in [5, 5.41) is 3.47. The standard InChI is InChI=1S/C21H26FN5O.ClH/c1-5-10-26-18-16(24-19(25-18)21(2,3)4)17-23-15(12-27(17)20(26)28)11-13-6-8-14(22)9-7-13;/h6-9,15,23H,5,10-12H2,1-4H3;1H/t15-;/m1./s1. The van der Waals surface area contributed by atoms with Crippen LogP contribution in [0.25, 0.3) is 11.5 Å². The van der Waals surface area contributed by atoms with Gasteiger partial charge < -0.3 is 5.32 Å². The quantitative estimate of drug-likeness (QED) is 0.697. The zero-order valence-corrected chi connectivity index (χ0v) is 18.0. The van der Waals surface area contributed by atoms with Crippen molar-refractivity contribution in [1.82, 2.24) is 19.1 Å². The first-order chi connectivity index (χ1) is 13.3. The molecule has 1 N–H and O–H groups in total. The van der Waals surface area contributed by atoms with Crippen LogP contribution < -0.4 is 11.0 Å². The number of anilines is 1. The number of benzene rings is 1. The molecule has 3 aliphatic rings. The Morgan fingerprint density at radius 2 is 1.90 bits per heavy atom. The van der Waals surface area contributed by atoms with Gasteiger partial charge in [0.1, 0.15) is 23.2 Å². The predicted molar refractivity (Wildman–Crippen MR) is 115 cm³/mol. The number of nitrogens with zero attached hydrogens (tertiary/aromatic N) is 4. The molecule has 29 heavy (non-hydrogen) atoms. The number of nitrogens with one attached hydrogen (secondary N) is 1. The van der Waals surface area contributed by atoms with Crippen LogP contribution in [0, 0.1) is 5.82 Å². The topological polar surface area (TPSA) is 64.7 Å². The van der Waals surface area contributed by atoms with Gasteiger partial charge in [0.25, 0.3) is 0 Å². The van der Waals surface area contributed by atoms with Crippen molar-refractivity contribution in [2.75, 3.05) is 5.32 Å². The van der Waals surface area contributed by atoms with Gasteiger partial charge in [0, 0.05) is 24.5 Å². The minimum absolute atomic E-state index is 0. The van der Waals surface area contributed by atoms with Crippen molar-refractivity contribution >= 4 is 18.2 Å². The number of hydrogen-bond donors (Lipinski definition) is 1. The Bertz CT molecular complexity index is 1030. The molecule has 0 bridgehead atoms. The van der Waals surface area contributed by atoms with Gasteiger partial charge in [0.15, 0.2) is 5.82 Å². The van der Waals surface area contributed by atoms with Crippen LogP contribution in [0.2, 0.25) is 0 Å². The number of imidazole rings is 1. The summed E-state index contributed by atoms with van der Waals surface area (Å²) in [6.07, 6.45) is 1.55. The highest BCUT2D eigenvalue weighted by Crippen LogP contribution is 2.33. The predicted octanol–water partition coefficient (Wildman–Crippen LogP) is 3.85. The number of aromatic nitrogens is 4. The molecule has 0 aliphatic carbocycles. The molecule has 1 aromatic rings. The van der Waals surface area contributed by atoms with Crippen molar-refractivity contribution in [1.29, 1.82) is 0 Å². The fourth-order valence-corrected chi connectivity index (χ4v) is 3.70. The van der Waals surface area contributed by atoms with Gasteiger partial charge in [-0.25, -0.2) is 19.2 Å². The Morgan fingerprint density at radius 1 is 1.21 bits per heavy atom. The molecule has 0 aromatic heterocycles. The van der Waals surface area contributed by atoms with Crippen LogP contribution in [0.15, 0.2) is 29.1 Å². The molecule has 3 aliphatic heterocycles. The molecule has 0 saturated heterocycles. The van der Waals surface area contributed by atoms with E-state index in [4.69, 9.17) is 9.97 Å². The Morgan fingerprint density at radius 3 is 2.52 bits per heavy atom. The fourth-order valence-electron chi connectivity index (χ4n) is 3.70. The largest absolute Gasteiger partial charge is 0.365 e. The second-order valence-corrected chi connectivity index (χ2v) is 8.53. The van der Waals surface area contributed by atoms with Gasteiger partial charge in [0.05, 0.1) is 0 Å². The first-order valence-electron chi connectivity index (χ1n) is 9.80. The lowest BCUT2D eigenvalue weighted by molar-refractivity contribution is 0.547. The maximum Gasteiger partial charge on any atom is 0.331 e. The van der Waals surface area contributed by atoms with Crippen LogP contribution in [-0.2, 0) is 24.9 Å². The number of rotatable bonds is 4. The summed E-state index contributed by atoms with van der Waals surface area (Å²) >= 11 is 0. The van der Waals surface area contributed by atoms with Crippen molar-refractivity contribution in [3.05, 3.63) is 52.0 Å². The van der Waals surface area contributed by atoms with Gasteiger partial charge in [-0.3, -0.25) is 9.13 Å². The molecule has 3 heterocycles. The number of hydrogen-bond acceptors (Lipinski definition) is 4. The van der Waals surface area contributed by atoms with E-state index in [1.807, 2.05) is 6.92 Å². The van der Waals surface area contributed by atoms with E-state index in [1.54, 1.807) is 21.3 Å². The molecule has 0 unspecified atom stereocenters.